The fraction of sp³-hybridized carbons (Fsp3) is 0.0769. The van der Waals surface area contributed by atoms with Crippen molar-refractivity contribution in [3.63, 3.8) is 0 Å². The Labute approximate surface area is 153 Å². The van der Waals surface area contributed by atoms with Crippen LogP contribution in [-0.2, 0) is 6.18 Å². The molecule has 122 valence electrons. The van der Waals surface area contributed by atoms with E-state index in [9.17, 15) is 18.0 Å². The minimum absolute atomic E-state index is 0.0463. The third-order valence-electron chi connectivity index (χ3n) is 2.79. The summed E-state index contributed by atoms with van der Waals surface area (Å²) in [6.45, 7) is 0. The number of aromatic nitrogens is 1. The van der Waals surface area contributed by atoms with Crippen LogP contribution in [-0.4, -0.2) is 11.3 Å². The van der Waals surface area contributed by atoms with Crippen molar-refractivity contribution < 1.29 is 18.0 Å². The van der Waals surface area contributed by atoms with Crippen LogP contribution >= 0.6 is 58.0 Å². The Hall–Kier alpha value is -0.720. The summed E-state index contributed by atoms with van der Waals surface area (Å²) < 4.78 is 39.0. The number of hydrogen-bond donors (Lipinski definition) is 0. The highest BCUT2D eigenvalue weighted by molar-refractivity contribution is 6.56. The van der Waals surface area contributed by atoms with Gasteiger partial charge in [-0.05, 0) is 12.1 Å². The molecule has 0 spiro atoms. The summed E-state index contributed by atoms with van der Waals surface area (Å²) in [6, 6.07) is 2.09. The molecule has 1 aromatic carbocycles. The molecule has 0 saturated heterocycles. The Kier molecular flexibility index (Phi) is 5.38. The summed E-state index contributed by atoms with van der Waals surface area (Å²) in [5.74, 6) is 0. The number of rotatable bonds is 2. The Bertz CT molecular complexity index is 778. The highest BCUT2D eigenvalue weighted by Crippen LogP contribution is 2.48. The maximum atomic E-state index is 13.0. The maximum absolute atomic E-state index is 13.0. The molecule has 0 saturated carbocycles. The van der Waals surface area contributed by atoms with Gasteiger partial charge in [-0.25, -0.2) is 4.98 Å². The van der Waals surface area contributed by atoms with Gasteiger partial charge in [-0.2, -0.15) is 13.2 Å². The highest BCUT2D eigenvalue weighted by atomic mass is 35.5. The van der Waals surface area contributed by atoms with E-state index in [-0.39, 0.29) is 42.7 Å². The van der Waals surface area contributed by atoms with E-state index in [0.29, 0.717) is 0 Å². The molecule has 0 aliphatic rings. The number of halogens is 8. The Morgan fingerprint density at radius 1 is 0.870 bits per heavy atom. The summed E-state index contributed by atoms with van der Waals surface area (Å²) in [5.41, 5.74) is -2.37. The number of pyridine rings is 1. The Morgan fingerprint density at radius 3 is 1.78 bits per heavy atom. The molecule has 0 amide bonds. The van der Waals surface area contributed by atoms with Crippen molar-refractivity contribution in [3.05, 3.63) is 48.5 Å². The van der Waals surface area contributed by atoms with E-state index in [2.05, 4.69) is 4.98 Å². The molecule has 0 aliphatic carbocycles. The van der Waals surface area contributed by atoms with E-state index in [0.717, 1.165) is 12.1 Å². The second kappa shape index (κ2) is 6.65. The molecule has 0 unspecified atom stereocenters. The smallest absolute Gasteiger partial charge is 0.298 e. The van der Waals surface area contributed by atoms with Crippen LogP contribution < -0.4 is 0 Å². The summed E-state index contributed by atoms with van der Waals surface area (Å²) in [6.07, 6.45) is -4.80. The topological polar surface area (TPSA) is 30.0 Å². The second-order valence-corrected chi connectivity index (χ2v) is 6.08. The minimum atomic E-state index is -4.84. The predicted octanol–water partition coefficient (Wildman–Crippen LogP) is 6.85. The summed E-state index contributed by atoms with van der Waals surface area (Å²) in [5, 5.41) is -0.885. The third-order valence-corrected chi connectivity index (χ3v) is 5.06. The van der Waals surface area contributed by atoms with Crippen LogP contribution in [0, 0.1) is 0 Å². The van der Waals surface area contributed by atoms with Crippen LogP contribution in [0.4, 0.5) is 13.2 Å². The zero-order valence-corrected chi connectivity index (χ0v) is 14.4. The van der Waals surface area contributed by atoms with Crippen molar-refractivity contribution in [2.45, 2.75) is 6.18 Å². The SMILES string of the molecule is O=Cc1ccc(-c2c(Cl)c(Cl)c(Cl)c(Cl)c2Cl)nc1C(F)(F)F. The molecular formula is C13H3Cl5F3NO. The van der Waals surface area contributed by atoms with Gasteiger partial charge in [-0.1, -0.05) is 58.0 Å². The van der Waals surface area contributed by atoms with Crippen LogP contribution in [0.15, 0.2) is 12.1 Å². The molecule has 0 atom stereocenters. The number of benzene rings is 1. The lowest BCUT2D eigenvalue weighted by Gasteiger charge is -2.14. The van der Waals surface area contributed by atoms with E-state index in [1.807, 2.05) is 0 Å². The average Bonchev–Trinajstić information content (AvgIpc) is 2.50. The zero-order valence-electron chi connectivity index (χ0n) is 10.6. The molecule has 10 heteroatoms. The molecule has 23 heavy (non-hydrogen) atoms. The summed E-state index contributed by atoms with van der Waals surface area (Å²) >= 11 is 29.6. The van der Waals surface area contributed by atoms with Crippen molar-refractivity contribution in [1.29, 1.82) is 0 Å². The molecule has 0 bridgehead atoms. The van der Waals surface area contributed by atoms with Gasteiger partial charge >= 0.3 is 6.18 Å². The molecule has 0 N–H and O–H groups in total. The molecule has 0 radical (unpaired) electrons. The van der Waals surface area contributed by atoms with Crippen LogP contribution in [0.3, 0.4) is 0 Å². The normalized spacial score (nSPS) is 11.7. The monoisotopic (exact) mass is 421 g/mol. The molecule has 0 aliphatic heterocycles. The first-order valence-corrected chi connectivity index (χ1v) is 7.53. The fourth-order valence-electron chi connectivity index (χ4n) is 1.76. The standard InChI is InChI=1S/C13H3Cl5F3NO/c14-7-6(8(15)10(17)11(18)9(7)16)5-2-1-4(3-23)12(22-5)13(19,20)21/h1-3H. The van der Waals surface area contributed by atoms with Gasteiger partial charge in [-0.3, -0.25) is 4.79 Å². The van der Waals surface area contributed by atoms with Gasteiger partial charge in [0.1, 0.15) is 0 Å². The fourth-order valence-corrected chi connectivity index (χ4v) is 3.09. The quantitative estimate of drug-likeness (QED) is 0.300. The highest BCUT2D eigenvalue weighted by Gasteiger charge is 2.36. The number of alkyl halides is 3. The first-order chi connectivity index (χ1) is 10.6. The molecule has 1 heterocycles. The second-order valence-electron chi connectivity index (χ2n) is 4.19. The van der Waals surface area contributed by atoms with Gasteiger partial charge in [0.2, 0.25) is 0 Å². The number of aldehydes is 1. The van der Waals surface area contributed by atoms with Crippen molar-refractivity contribution in [2.75, 3.05) is 0 Å². The molecule has 2 nitrogen and oxygen atoms in total. The number of carbonyl (C=O) groups is 1. The lowest BCUT2D eigenvalue weighted by Crippen LogP contribution is -2.12. The Balaban J connectivity index is 2.81. The minimum Gasteiger partial charge on any atom is -0.298 e. The van der Waals surface area contributed by atoms with Crippen LogP contribution in [0.1, 0.15) is 16.1 Å². The number of hydrogen-bond acceptors (Lipinski definition) is 2. The number of carbonyl (C=O) groups excluding carboxylic acids is 1. The van der Waals surface area contributed by atoms with E-state index in [4.69, 9.17) is 58.0 Å². The van der Waals surface area contributed by atoms with E-state index in [1.54, 1.807) is 0 Å². The van der Waals surface area contributed by atoms with Gasteiger partial charge in [0.15, 0.2) is 12.0 Å². The molecule has 2 aromatic rings. The molecule has 0 fully saturated rings. The van der Waals surface area contributed by atoms with Gasteiger partial charge < -0.3 is 0 Å². The first-order valence-electron chi connectivity index (χ1n) is 5.64. The molecule has 2 rings (SSSR count). The predicted molar refractivity (Wildman–Crippen MR) is 85.1 cm³/mol. The summed E-state index contributed by atoms with van der Waals surface area (Å²) in [7, 11) is 0. The largest absolute Gasteiger partial charge is 0.434 e. The molecular weight excluding hydrogens is 420 g/mol. The van der Waals surface area contributed by atoms with Crippen LogP contribution in [0.5, 0.6) is 0 Å². The molecule has 1 aromatic heterocycles. The van der Waals surface area contributed by atoms with Crippen LogP contribution in [0.2, 0.25) is 25.1 Å². The average molecular weight is 423 g/mol. The lowest BCUT2D eigenvalue weighted by atomic mass is 10.1. The van der Waals surface area contributed by atoms with Crippen molar-refractivity contribution >= 4 is 64.3 Å². The van der Waals surface area contributed by atoms with Gasteiger partial charge in [0.25, 0.3) is 0 Å². The maximum Gasteiger partial charge on any atom is 0.434 e. The van der Waals surface area contributed by atoms with Crippen molar-refractivity contribution in [3.8, 4) is 11.3 Å². The summed E-state index contributed by atoms with van der Waals surface area (Å²) in [4.78, 5) is 14.2. The van der Waals surface area contributed by atoms with E-state index < -0.39 is 17.4 Å². The lowest BCUT2D eigenvalue weighted by molar-refractivity contribution is -0.141. The van der Waals surface area contributed by atoms with Crippen molar-refractivity contribution in [2.24, 2.45) is 0 Å². The van der Waals surface area contributed by atoms with Gasteiger partial charge in [-0.15, -0.1) is 0 Å². The van der Waals surface area contributed by atoms with Gasteiger partial charge in [0.05, 0.1) is 30.8 Å². The number of nitrogens with zero attached hydrogens (tertiary/aromatic N) is 1. The Morgan fingerprint density at radius 2 is 1.35 bits per heavy atom. The van der Waals surface area contributed by atoms with Crippen LogP contribution in [0.25, 0.3) is 11.3 Å². The van der Waals surface area contributed by atoms with Crippen molar-refractivity contribution in [1.82, 2.24) is 4.98 Å². The third kappa shape index (κ3) is 3.39. The first kappa shape index (κ1) is 18.6. The van der Waals surface area contributed by atoms with Gasteiger partial charge in [0, 0.05) is 11.1 Å². The van der Waals surface area contributed by atoms with E-state index in [1.165, 1.54) is 0 Å². The van der Waals surface area contributed by atoms with E-state index >= 15 is 0 Å². The zero-order chi connectivity index (χ0) is 17.5.